The first-order valence-electron chi connectivity index (χ1n) is 7.23. The lowest BCUT2D eigenvalue weighted by molar-refractivity contribution is -0.384. The molecular formula is C17H12ClN3O3S. The van der Waals surface area contributed by atoms with Crippen molar-refractivity contribution in [2.45, 2.75) is 6.92 Å². The summed E-state index contributed by atoms with van der Waals surface area (Å²) in [5.41, 5.74) is 3.43. The zero-order chi connectivity index (χ0) is 18.0. The number of amides is 1. The molecule has 1 amide bonds. The summed E-state index contributed by atoms with van der Waals surface area (Å²) >= 11 is 7.51. The van der Waals surface area contributed by atoms with Crippen molar-refractivity contribution < 1.29 is 9.72 Å². The van der Waals surface area contributed by atoms with Gasteiger partial charge in [-0.2, -0.15) is 5.10 Å². The van der Waals surface area contributed by atoms with E-state index in [2.05, 4.69) is 10.5 Å². The molecule has 3 rings (SSSR count). The smallest absolute Gasteiger partial charge is 0.267 e. The Morgan fingerprint density at radius 3 is 2.76 bits per heavy atom. The molecule has 25 heavy (non-hydrogen) atoms. The number of carbonyl (C=O) groups excluding carboxylic acids is 1. The van der Waals surface area contributed by atoms with Gasteiger partial charge in [0, 0.05) is 16.8 Å². The second-order valence-corrected chi connectivity index (χ2v) is 6.70. The standard InChI is InChI=1S/C17H12ClN3O3S/c1-10-12-4-2-3-5-15(12)25-16(10)9-19-20-17(22)13-7-6-11(21(23)24)8-14(13)18/h2-9H,1H3,(H,20,22)/b19-9+. The highest BCUT2D eigenvalue weighted by Gasteiger charge is 2.14. The molecule has 1 aromatic heterocycles. The molecule has 0 saturated heterocycles. The summed E-state index contributed by atoms with van der Waals surface area (Å²) in [7, 11) is 0. The monoisotopic (exact) mass is 373 g/mol. The highest BCUT2D eigenvalue weighted by molar-refractivity contribution is 7.20. The molecule has 126 valence electrons. The molecule has 0 radical (unpaired) electrons. The van der Waals surface area contributed by atoms with Crippen molar-refractivity contribution in [3.05, 3.63) is 73.6 Å². The van der Waals surface area contributed by atoms with Crippen molar-refractivity contribution in [1.82, 2.24) is 5.43 Å². The number of rotatable bonds is 4. The van der Waals surface area contributed by atoms with Gasteiger partial charge in [0.1, 0.15) is 0 Å². The number of fused-ring (bicyclic) bond motifs is 1. The van der Waals surface area contributed by atoms with Crippen molar-refractivity contribution in [3.63, 3.8) is 0 Å². The lowest BCUT2D eigenvalue weighted by Crippen LogP contribution is -2.18. The second-order valence-electron chi connectivity index (χ2n) is 5.21. The van der Waals surface area contributed by atoms with Crippen molar-refractivity contribution in [2.75, 3.05) is 0 Å². The topological polar surface area (TPSA) is 84.6 Å². The summed E-state index contributed by atoms with van der Waals surface area (Å²) in [4.78, 5) is 23.2. The average molecular weight is 374 g/mol. The molecule has 1 N–H and O–H groups in total. The number of hydrazone groups is 1. The molecule has 0 atom stereocenters. The Bertz CT molecular complexity index is 1010. The molecule has 0 aliphatic carbocycles. The predicted molar refractivity (Wildman–Crippen MR) is 99.7 cm³/mol. The van der Waals surface area contributed by atoms with Crippen LogP contribution in [0, 0.1) is 17.0 Å². The maximum Gasteiger partial charge on any atom is 0.272 e. The first kappa shape index (κ1) is 17.1. The van der Waals surface area contributed by atoms with Crippen LogP contribution in [0.25, 0.3) is 10.1 Å². The maximum absolute atomic E-state index is 12.1. The molecule has 0 spiro atoms. The van der Waals surface area contributed by atoms with Gasteiger partial charge in [0.15, 0.2) is 0 Å². The summed E-state index contributed by atoms with van der Waals surface area (Å²) in [6, 6.07) is 11.7. The zero-order valence-corrected chi connectivity index (χ0v) is 14.6. The molecular weight excluding hydrogens is 362 g/mol. The number of carbonyl (C=O) groups is 1. The number of thiophene rings is 1. The van der Waals surface area contributed by atoms with Crippen molar-refractivity contribution in [2.24, 2.45) is 5.10 Å². The second kappa shape index (κ2) is 7.00. The lowest BCUT2D eigenvalue weighted by atomic mass is 10.1. The quantitative estimate of drug-likeness (QED) is 0.414. The molecule has 0 aliphatic rings. The van der Waals surface area contributed by atoms with Gasteiger partial charge in [-0.3, -0.25) is 14.9 Å². The minimum atomic E-state index is -0.573. The zero-order valence-electron chi connectivity index (χ0n) is 13.0. The Morgan fingerprint density at radius 1 is 1.32 bits per heavy atom. The number of nitro groups is 1. The van der Waals surface area contributed by atoms with Crippen LogP contribution in [-0.2, 0) is 0 Å². The van der Waals surface area contributed by atoms with Crippen molar-refractivity contribution in [3.8, 4) is 0 Å². The first-order valence-corrected chi connectivity index (χ1v) is 8.42. The number of nitrogens with one attached hydrogen (secondary N) is 1. The van der Waals surface area contributed by atoms with Gasteiger partial charge < -0.3 is 0 Å². The normalized spacial score (nSPS) is 11.1. The number of benzene rings is 2. The SMILES string of the molecule is Cc1c(/C=N/NC(=O)c2ccc([N+](=O)[O-])cc2Cl)sc2ccccc12. The Hall–Kier alpha value is -2.77. The number of hydrogen-bond donors (Lipinski definition) is 1. The summed E-state index contributed by atoms with van der Waals surface area (Å²) in [6.45, 7) is 2.00. The largest absolute Gasteiger partial charge is 0.272 e. The molecule has 0 aliphatic heterocycles. The van der Waals surface area contributed by atoms with E-state index in [4.69, 9.17) is 11.6 Å². The van der Waals surface area contributed by atoms with E-state index < -0.39 is 10.8 Å². The molecule has 0 fully saturated rings. The number of nitro benzene ring substituents is 1. The van der Waals surface area contributed by atoms with E-state index in [1.807, 2.05) is 31.2 Å². The van der Waals surface area contributed by atoms with Gasteiger partial charge in [0.25, 0.3) is 11.6 Å². The first-order chi connectivity index (χ1) is 12.0. The Labute approximate surface area is 151 Å². The third kappa shape index (κ3) is 3.52. The number of hydrogen-bond acceptors (Lipinski definition) is 5. The molecule has 0 bridgehead atoms. The third-order valence-corrected chi connectivity index (χ3v) is 5.16. The summed E-state index contributed by atoms with van der Waals surface area (Å²) in [5.74, 6) is -0.532. The Kier molecular flexibility index (Phi) is 4.78. The van der Waals surface area contributed by atoms with E-state index in [9.17, 15) is 14.9 Å². The summed E-state index contributed by atoms with van der Waals surface area (Å²) in [6.07, 6.45) is 1.58. The fourth-order valence-electron chi connectivity index (χ4n) is 2.33. The van der Waals surface area contributed by atoms with Gasteiger partial charge in [-0.15, -0.1) is 11.3 Å². The van der Waals surface area contributed by atoms with Gasteiger partial charge in [0.05, 0.1) is 26.6 Å². The van der Waals surface area contributed by atoms with Crippen molar-refractivity contribution >= 4 is 50.8 Å². The van der Waals surface area contributed by atoms with Crippen LogP contribution in [0.5, 0.6) is 0 Å². The van der Waals surface area contributed by atoms with Crippen LogP contribution in [0.2, 0.25) is 5.02 Å². The van der Waals surface area contributed by atoms with E-state index in [0.717, 1.165) is 26.6 Å². The van der Waals surface area contributed by atoms with Gasteiger partial charge in [0.2, 0.25) is 0 Å². The maximum atomic E-state index is 12.1. The van der Waals surface area contributed by atoms with Gasteiger partial charge >= 0.3 is 0 Å². The minimum Gasteiger partial charge on any atom is -0.267 e. The van der Waals surface area contributed by atoms with Crippen LogP contribution in [0.3, 0.4) is 0 Å². The van der Waals surface area contributed by atoms with Gasteiger partial charge in [-0.25, -0.2) is 5.43 Å². The Balaban J connectivity index is 1.76. The van der Waals surface area contributed by atoms with E-state index in [1.54, 1.807) is 17.6 Å². The van der Waals surface area contributed by atoms with Crippen LogP contribution in [0.15, 0.2) is 47.6 Å². The van der Waals surface area contributed by atoms with Gasteiger partial charge in [-0.05, 0) is 30.0 Å². The molecule has 0 unspecified atom stereocenters. The van der Waals surface area contributed by atoms with Crippen LogP contribution in [0.1, 0.15) is 20.8 Å². The van der Waals surface area contributed by atoms with E-state index in [1.165, 1.54) is 12.1 Å². The molecule has 2 aromatic carbocycles. The molecule has 0 saturated carbocycles. The fourth-order valence-corrected chi connectivity index (χ4v) is 3.67. The summed E-state index contributed by atoms with van der Waals surface area (Å²) < 4.78 is 1.14. The van der Waals surface area contributed by atoms with Crippen LogP contribution in [-0.4, -0.2) is 17.0 Å². The minimum absolute atomic E-state index is 0.0000531. The Morgan fingerprint density at radius 2 is 2.08 bits per heavy atom. The van der Waals surface area contributed by atoms with E-state index in [0.29, 0.717) is 0 Å². The molecule has 6 nitrogen and oxygen atoms in total. The predicted octanol–water partition coefficient (Wildman–Crippen LogP) is 4.54. The van der Waals surface area contributed by atoms with Crippen molar-refractivity contribution in [1.29, 1.82) is 0 Å². The highest BCUT2D eigenvalue weighted by Crippen LogP contribution is 2.29. The number of halogens is 1. The molecule has 8 heteroatoms. The fraction of sp³-hybridized carbons (Fsp3) is 0.0588. The average Bonchev–Trinajstić information content (AvgIpc) is 2.91. The van der Waals surface area contributed by atoms with E-state index in [-0.39, 0.29) is 16.3 Å². The van der Waals surface area contributed by atoms with Gasteiger partial charge in [-0.1, -0.05) is 29.8 Å². The van der Waals surface area contributed by atoms with E-state index >= 15 is 0 Å². The van der Waals surface area contributed by atoms with Crippen LogP contribution < -0.4 is 5.43 Å². The lowest BCUT2D eigenvalue weighted by Gasteiger charge is -2.02. The van der Waals surface area contributed by atoms with Crippen LogP contribution >= 0.6 is 22.9 Å². The third-order valence-electron chi connectivity index (χ3n) is 3.64. The van der Waals surface area contributed by atoms with Crippen LogP contribution in [0.4, 0.5) is 5.69 Å². The summed E-state index contributed by atoms with van der Waals surface area (Å²) in [5, 5.41) is 15.8. The highest BCUT2D eigenvalue weighted by atomic mass is 35.5. The molecule has 3 aromatic rings. The number of aryl methyl sites for hydroxylation is 1. The molecule has 1 heterocycles. The number of nitrogens with zero attached hydrogens (tertiary/aromatic N) is 2. The number of non-ortho nitro benzene ring substituents is 1.